The Bertz CT molecular complexity index is 1150. The van der Waals surface area contributed by atoms with Crippen LogP contribution in [-0.4, -0.2) is 11.6 Å². The number of hydrogen-bond donors (Lipinski definition) is 0. The number of rotatable bonds is 1. The predicted octanol–water partition coefficient (Wildman–Crippen LogP) is 5.89. The lowest BCUT2D eigenvalue weighted by Gasteiger charge is -2.00. The fourth-order valence-corrected chi connectivity index (χ4v) is 5.60. The van der Waals surface area contributed by atoms with Crippen molar-refractivity contribution in [3.63, 3.8) is 0 Å². The normalized spacial score (nSPS) is 13.9. The highest BCUT2D eigenvalue weighted by atomic mass is 32.1. The van der Waals surface area contributed by atoms with Crippen molar-refractivity contribution in [3.8, 4) is 0 Å². The quantitative estimate of drug-likeness (QED) is 0.313. The number of hydrogen-bond acceptors (Lipinski definition) is 4. The summed E-state index contributed by atoms with van der Waals surface area (Å²) in [5.74, 6) is -0.336. The van der Waals surface area contributed by atoms with Gasteiger partial charge in [-0.2, -0.15) is 0 Å². The fraction of sp³-hybridized carbons (Fsp3) is 0.0476. The van der Waals surface area contributed by atoms with Crippen LogP contribution >= 0.6 is 22.7 Å². The number of Topliss-reactive ketones (excluding diaryl/α,β-unsaturated/α-hetero) is 2. The average molecular weight is 360 g/mol. The third-order valence-electron chi connectivity index (χ3n) is 4.50. The predicted molar refractivity (Wildman–Crippen MR) is 105 cm³/mol. The van der Waals surface area contributed by atoms with Crippen molar-refractivity contribution in [2.24, 2.45) is 0 Å². The maximum Gasteiger partial charge on any atom is 0.197 e. The Labute approximate surface area is 152 Å². The summed E-state index contributed by atoms with van der Waals surface area (Å²) in [7, 11) is 0. The van der Waals surface area contributed by atoms with E-state index >= 15 is 0 Å². The summed E-state index contributed by atoms with van der Waals surface area (Å²) < 4.78 is 2.41. The molecule has 0 aliphatic heterocycles. The molecule has 2 heterocycles. The average Bonchev–Trinajstić information content (AvgIpc) is 3.20. The molecular weight excluding hydrogens is 348 g/mol. The minimum atomic E-state index is -0.168. The summed E-state index contributed by atoms with van der Waals surface area (Å²) in [5, 5.41) is 1.96. The van der Waals surface area contributed by atoms with Crippen LogP contribution in [-0.2, 0) is 0 Å². The molecule has 0 bridgehead atoms. The van der Waals surface area contributed by atoms with Crippen LogP contribution in [0.25, 0.3) is 26.2 Å². The summed E-state index contributed by atoms with van der Waals surface area (Å²) in [4.78, 5) is 27.8. The van der Waals surface area contributed by atoms with E-state index in [-0.39, 0.29) is 17.1 Å². The van der Waals surface area contributed by atoms with E-state index in [0.29, 0.717) is 11.1 Å². The Morgan fingerprint density at radius 3 is 2.00 bits per heavy atom. The Hall–Kier alpha value is -2.56. The minimum absolute atomic E-state index is 0.168. The van der Waals surface area contributed by atoms with Gasteiger partial charge in [-0.3, -0.25) is 9.59 Å². The van der Waals surface area contributed by atoms with Crippen LogP contribution in [0.3, 0.4) is 0 Å². The van der Waals surface area contributed by atoms with Gasteiger partial charge < -0.3 is 0 Å². The van der Waals surface area contributed by atoms with Crippen LogP contribution in [0.1, 0.15) is 30.5 Å². The van der Waals surface area contributed by atoms with E-state index in [2.05, 4.69) is 19.1 Å². The Morgan fingerprint density at radius 1 is 0.800 bits per heavy atom. The van der Waals surface area contributed by atoms with Gasteiger partial charge in [-0.25, -0.2) is 0 Å². The molecule has 0 saturated heterocycles. The maximum absolute atomic E-state index is 12.8. The molecule has 4 heteroatoms. The molecule has 0 saturated carbocycles. The molecule has 25 heavy (non-hydrogen) atoms. The Morgan fingerprint density at radius 2 is 1.40 bits per heavy atom. The van der Waals surface area contributed by atoms with E-state index < -0.39 is 0 Å². The van der Waals surface area contributed by atoms with Crippen molar-refractivity contribution in [2.75, 3.05) is 0 Å². The summed E-state index contributed by atoms with van der Waals surface area (Å²) in [6.07, 6.45) is 1.75. The second-order valence-corrected chi connectivity index (χ2v) is 8.60. The van der Waals surface area contributed by atoms with Crippen LogP contribution in [0.4, 0.5) is 0 Å². The summed E-state index contributed by atoms with van der Waals surface area (Å²) in [5.41, 5.74) is 1.31. The molecule has 2 aromatic carbocycles. The topological polar surface area (TPSA) is 34.1 Å². The molecule has 0 atom stereocenters. The third-order valence-corrected chi connectivity index (χ3v) is 6.66. The van der Waals surface area contributed by atoms with Crippen molar-refractivity contribution in [1.82, 2.24) is 0 Å². The number of fused-ring (bicyclic) bond motifs is 3. The van der Waals surface area contributed by atoms with E-state index in [1.807, 2.05) is 36.4 Å². The number of benzene rings is 2. The molecular formula is C21H12O2S2. The standard InChI is InChI=1S/C21H12O2S2/c1-11-6-18-19(24-11)10-14(25-18)9-17-20(22)15-7-12-4-2-3-5-13(12)8-16(15)21(17)23/h2-10H,1H3. The maximum atomic E-state index is 12.8. The second kappa shape index (κ2) is 5.22. The van der Waals surface area contributed by atoms with Crippen LogP contribution in [0.2, 0.25) is 0 Å². The molecule has 2 nitrogen and oxygen atoms in total. The van der Waals surface area contributed by atoms with Crippen molar-refractivity contribution in [3.05, 3.63) is 75.0 Å². The van der Waals surface area contributed by atoms with Crippen molar-refractivity contribution >= 4 is 60.5 Å². The SMILES string of the molecule is Cc1cc2sc(C=C3C(=O)c4cc5ccccc5cc4C3=O)cc2s1. The number of thiophene rings is 2. The molecule has 0 amide bonds. The van der Waals surface area contributed by atoms with E-state index in [1.165, 1.54) is 14.3 Å². The molecule has 0 unspecified atom stereocenters. The molecule has 0 radical (unpaired) electrons. The fourth-order valence-electron chi connectivity index (χ4n) is 3.33. The summed E-state index contributed by atoms with van der Waals surface area (Å²) in [6, 6.07) is 15.7. The lowest BCUT2D eigenvalue weighted by molar-refractivity contribution is 0.0990. The second-order valence-electron chi connectivity index (χ2n) is 6.20. The monoisotopic (exact) mass is 360 g/mol. The van der Waals surface area contributed by atoms with Crippen LogP contribution in [0, 0.1) is 6.92 Å². The first-order valence-electron chi connectivity index (χ1n) is 7.94. The smallest absolute Gasteiger partial charge is 0.197 e. The van der Waals surface area contributed by atoms with Crippen LogP contribution < -0.4 is 0 Å². The zero-order valence-corrected chi connectivity index (χ0v) is 15.0. The highest BCUT2D eigenvalue weighted by molar-refractivity contribution is 7.28. The zero-order valence-electron chi connectivity index (χ0n) is 13.3. The molecule has 2 aromatic heterocycles. The highest BCUT2D eigenvalue weighted by Crippen LogP contribution is 2.36. The van der Waals surface area contributed by atoms with Crippen LogP contribution in [0.15, 0.2) is 54.1 Å². The van der Waals surface area contributed by atoms with E-state index in [0.717, 1.165) is 15.6 Å². The molecule has 1 aliphatic carbocycles. The van der Waals surface area contributed by atoms with Gasteiger partial charge in [0.25, 0.3) is 0 Å². The largest absolute Gasteiger partial charge is 0.288 e. The van der Waals surface area contributed by atoms with Gasteiger partial charge in [0, 0.05) is 30.3 Å². The first-order chi connectivity index (χ1) is 12.1. The van der Waals surface area contributed by atoms with Gasteiger partial charge in [-0.15, -0.1) is 22.7 Å². The van der Waals surface area contributed by atoms with Crippen molar-refractivity contribution < 1.29 is 9.59 Å². The summed E-state index contributed by atoms with van der Waals surface area (Å²) >= 11 is 3.35. The zero-order chi connectivity index (χ0) is 17.1. The number of carbonyl (C=O) groups excluding carboxylic acids is 2. The molecule has 0 fully saturated rings. The minimum Gasteiger partial charge on any atom is -0.288 e. The molecule has 1 aliphatic rings. The highest BCUT2D eigenvalue weighted by Gasteiger charge is 2.33. The molecule has 5 rings (SSSR count). The van der Waals surface area contributed by atoms with Gasteiger partial charge in [-0.1, -0.05) is 24.3 Å². The van der Waals surface area contributed by atoms with Gasteiger partial charge in [0.05, 0.1) is 5.57 Å². The number of carbonyl (C=O) groups is 2. The van der Waals surface area contributed by atoms with E-state index in [4.69, 9.17) is 0 Å². The van der Waals surface area contributed by atoms with Gasteiger partial charge in [0.15, 0.2) is 11.6 Å². The lowest BCUT2D eigenvalue weighted by atomic mass is 10.0. The third kappa shape index (κ3) is 2.22. The van der Waals surface area contributed by atoms with Gasteiger partial charge in [-0.05, 0) is 48.0 Å². The molecule has 4 aromatic rings. The summed E-state index contributed by atoms with van der Waals surface area (Å²) in [6.45, 7) is 2.08. The van der Waals surface area contributed by atoms with E-state index in [1.54, 1.807) is 28.7 Å². The van der Waals surface area contributed by atoms with Gasteiger partial charge in [0.2, 0.25) is 0 Å². The first kappa shape index (κ1) is 14.8. The number of aryl methyl sites for hydroxylation is 1. The van der Waals surface area contributed by atoms with Crippen molar-refractivity contribution in [2.45, 2.75) is 6.92 Å². The van der Waals surface area contributed by atoms with Gasteiger partial charge in [0.1, 0.15) is 0 Å². The Kier molecular flexibility index (Phi) is 3.08. The molecule has 0 N–H and O–H groups in total. The van der Waals surface area contributed by atoms with Crippen molar-refractivity contribution in [1.29, 1.82) is 0 Å². The Balaban J connectivity index is 1.64. The van der Waals surface area contributed by atoms with Crippen LogP contribution in [0.5, 0.6) is 0 Å². The molecule has 120 valence electrons. The number of allylic oxidation sites excluding steroid dienone is 1. The first-order valence-corrected chi connectivity index (χ1v) is 9.57. The lowest BCUT2D eigenvalue weighted by Crippen LogP contribution is -1.99. The van der Waals surface area contributed by atoms with Gasteiger partial charge >= 0.3 is 0 Å². The molecule has 0 spiro atoms. The number of ketones is 2. The van der Waals surface area contributed by atoms with E-state index in [9.17, 15) is 9.59 Å².